The van der Waals surface area contributed by atoms with Crippen LogP contribution in [-0.4, -0.2) is 20.5 Å². The van der Waals surface area contributed by atoms with Crippen LogP contribution in [-0.2, 0) is 15.6 Å². The molecule has 0 saturated carbocycles. The first-order valence-corrected chi connectivity index (χ1v) is 6.90. The zero-order chi connectivity index (χ0) is 13.2. The van der Waals surface area contributed by atoms with Crippen LogP contribution in [0.15, 0.2) is 23.1 Å². The van der Waals surface area contributed by atoms with E-state index in [1.54, 1.807) is 19.9 Å². The molecule has 6 heteroatoms. The zero-order valence-corrected chi connectivity index (χ0v) is 11.6. The van der Waals surface area contributed by atoms with E-state index in [1.807, 2.05) is 0 Å². The van der Waals surface area contributed by atoms with Gasteiger partial charge in [0, 0.05) is 5.02 Å². The molecule has 2 unspecified atom stereocenters. The van der Waals surface area contributed by atoms with E-state index in [9.17, 15) is 9.00 Å². The quantitative estimate of drug-likeness (QED) is 0.928. The standard InChI is InChI=1S/C11H12Cl2O3S/c1-6(2)10(11(14)15)17(16)9-5-7(12)3-4-8(9)13/h3-6,10H,1-2H3,(H,14,15). The number of carbonyl (C=O) groups is 1. The average Bonchev–Trinajstić information content (AvgIpc) is 2.20. The predicted molar refractivity (Wildman–Crippen MR) is 69.1 cm³/mol. The highest BCUT2D eigenvalue weighted by atomic mass is 35.5. The van der Waals surface area contributed by atoms with Gasteiger partial charge in [0.25, 0.3) is 0 Å². The van der Waals surface area contributed by atoms with Crippen molar-refractivity contribution in [1.82, 2.24) is 0 Å². The van der Waals surface area contributed by atoms with E-state index in [0.717, 1.165) is 0 Å². The minimum absolute atomic E-state index is 0.261. The Morgan fingerprint density at radius 2 is 1.94 bits per heavy atom. The molecule has 0 heterocycles. The van der Waals surface area contributed by atoms with Gasteiger partial charge in [-0.15, -0.1) is 0 Å². The molecule has 0 aliphatic carbocycles. The van der Waals surface area contributed by atoms with Crippen LogP contribution in [0.1, 0.15) is 13.8 Å². The molecule has 3 nitrogen and oxygen atoms in total. The summed E-state index contributed by atoms with van der Waals surface area (Å²) in [5, 5.41) is 8.72. The number of rotatable bonds is 4. The van der Waals surface area contributed by atoms with Crippen LogP contribution in [0.5, 0.6) is 0 Å². The Hall–Kier alpha value is -0.580. The van der Waals surface area contributed by atoms with Gasteiger partial charge in [0.2, 0.25) is 0 Å². The van der Waals surface area contributed by atoms with Gasteiger partial charge in [0.05, 0.1) is 20.7 Å². The third-order valence-electron chi connectivity index (χ3n) is 2.19. The van der Waals surface area contributed by atoms with Crippen LogP contribution < -0.4 is 0 Å². The molecule has 0 bridgehead atoms. The van der Waals surface area contributed by atoms with E-state index in [4.69, 9.17) is 28.3 Å². The third-order valence-corrected chi connectivity index (χ3v) is 4.84. The lowest BCUT2D eigenvalue weighted by Gasteiger charge is -2.16. The Labute approximate surface area is 112 Å². The van der Waals surface area contributed by atoms with Crippen LogP contribution in [0.4, 0.5) is 0 Å². The minimum atomic E-state index is -1.72. The second-order valence-corrected chi connectivity index (χ2v) is 6.26. The van der Waals surface area contributed by atoms with E-state index in [0.29, 0.717) is 5.02 Å². The van der Waals surface area contributed by atoms with Gasteiger partial charge in [-0.2, -0.15) is 0 Å². The average molecular weight is 295 g/mol. The SMILES string of the molecule is CC(C)C(C(=O)O)S(=O)c1cc(Cl)ccc1Cl. The zero-order valence-electron chi connectivity index (χ0n) is 9.31. The van der Waals surface area contributed by atoms with Crippen LogP contribution in [0.2, 0.25) is 10.0 Å². The summed E-state index contributed by atoms with van der Waals surface area (Å²) >= 11 is 11.7. The number of benzene rings is 1. The molecule has 0 saturated heterocycles. The number of carboxylic acids is 1. The van der Waals surface area contributed by atoms with Crippen LogP contribution in [0, 0.1) is 5.92 Å². The summed E-state index contributed by atoms with van der Waals surface area (Å²) in [4.78, 5) is 11.3. The molecule has 0 radical (unpaired) electrons. The smallest absolute Gasteiger partial charge is 0.319 e. The van der Waals surface area contributed by atoms with Crippen molar-refractivity contribution in [1.29, 1.82) is 0 Å². The summed E-state index contributed by atoms with van der Waals surface area (Å²) in [5.74, 6) is -1.36. The molecule has 17 heavy (non-hydrogen) atoms. The first-order chi connectivity index (χ1) is 7.84. The molecule has 0 amide bonds. The van der Waals surface area contributed by atoms with Gasteiger partial charge in [0.15, 0.2) is 0 Å². The summed E-state index contributed by atoms with van der Waals surface area (Å²) in [6.07, 6.45) is 0. The van der Waals surface area contributed by atoms with Crippen molar-refractivity contribution in [2.24, 2.45) is 5.92 Å². The van der Waals surface area contributed by atoms with Crippen molar-refractivity contribution >= 4 is 40.0 Å². The van der Waals surface area contributed by atoms with Gasteiger partial charge < -0.3 is 5.11 Å². The molecular formula is C11H12Cl2O3S. The summed E-state index contributed by atoms with van der Waals surface area (Å²) in [5.41, 5.74) is 0. The van der Waals surface area contributed by atoms with Crippen LogP contribution in [0.3, 0.4) is 0 Å². The number of aliphatic carboxylic acids is 1. The lowest BCUT2D eigenvalue weighted by Crippen LogP contribution is -2.31. The molecule has 1 aromatic carbocycles. The highest BCUT2D eigenvalue weighted by Crippen LogP contribution is 2.27. The summed E-state index contributed by atoms with van der Waals surface area (Å²) in [6.45, 7) is 3.41. The molecule has 1 rings (SSSR count). The van der Waals surface area contributed by atoms with Gasteiger partial charge in [-0.25, -0.2) is 0 Å². The molecule has 0 aromatic heterocycles. The number of hydrogen-bond acceptors (Lipinski definition) is 2. The van der Waals surface area contributed by atoms with Gasteiger partial charge in [-0.3, -0.25) is 9.00 Å². The Bertz CT molecular complexity index is 460. The Kier molecular flexibility index (Phi) is 4.98. The van der Waals surface area contributed by atoms with Crippen LogP contribution >= 0.6 is 23.2 Å². The Morgan fingerprint density at radius 3 is 2.41 bits per heavy atom. The second-order valence-electron chi connectivity index (χ2n) is 3.88. The monoisotopic (exact) mass is 294 g/mol. The Morgan fingerprint density at radius 1 is 1.35 bits per heavy atom. The van der Waals surface area contributed by atoms with Crippen LogP contribution in [0.25, 0.3) is 0 Å². The van der Waals surface area contributed by atoms with E-state index in [1.165, 1.54) is 12.1 Å². The molecule has 2 atom stereocenters. The molecule has 1 N–H and O–H groups in total. The highest BCUT2D eigenvalue weighted by Gasteiger charge is 2.30. The van der Waals surface area contributed by atoms with E-state index in [-0.39, 0.29) is 15.8 Å². The van der Waals surface area contributed by atoms with Crippen molar-refractivity contribution in [2.75, 3.05) is 0 Å². The lowest BCUT2D eigenvalue weighted by atomic mass is 10.1. The van der Waals surface area contributed by atoms with E-state index in [2.05, 4.69) is 0 Å². The fourth-order valence-corrected chi connectivity index (χ4v) is 3.43. The number of halogens is 2. The van der Waals surface area contributed by atoms with E-state index < -0.39 is 22.0 Å². The number of carboxylic acid groups (broad SMARTS) is 1. The molecule has 1 aromatic rings. The molecule has 0 spiro atoms. The lowest BCUT2D eigenvalue weighted by molar-refractivity contribution is -0.137. The fraction of sp³-hybridized carbons (Fsp3) is 0.364. The molecule has 0 aliphatic rings. The largest absolute Gasteiger partial charge is 0.480 e. The fourth-order valence-electron chi connectivity index (χ4n) is 1.39. The maximum Gasteiger partial charge on any atom is 0.319 e. The van der Waals surface area contributed by atoms with Gasteiger partial charge in [-0.1, -0.05) is 37.0 Å². The highest BCUT2D eigenvalue weighted by molar-refractivity contribution is 7.86. The molecular weight excluding hydrogens is 283 g/mol. The van der Waals surface area contributed by atoms with Gasteiger partial charge in [0.1, 0.15) is 5.25 Å². The normalized spacial score (nSPS) is 14.6. The predicted octanol–water partition coefficient (Wildman–Crippen LogP) is 3.21. The van der Waals surface area contributed by atoms with E-state index >= 15 is 0 Å². The van der Waals surface area contributed by atoms with Gasteiger partial charge >= 0.3 is 5.97 Å². The maximum absolute atomic E-state index is 12.2. The second kappa shape index (κ2) is 5.85. The summed E-state index contributed by atoms with van der Waals surface area (Å²) in [7, 11) is -1.72. The van der Waals surface area contributed by atoms with Crippen molar-refractivity contribution in [3.8, 4) is 0 Å². The topological polar surface area (TPSA) is 54.4 Å². The van der Waals surface area contributed by atoms with Crippen molar-refractivity contribution < 1.29 is 14.1 Å². The van der Waals surface area contributed by atoms with Gasteiger partial charge in [-0.05, 0) is 24.1 Å². The maximum atomic E-state index is 12.2. The minimum Gasteiger partial charge on any atom is -0.480 e. The third kappa shape index (κ3) is 3.44. The Balaban J connectivity index is 3.18. The summed E-state index contributed by atoms with van der Waals surface area (Å²) in [6, 6.07) is 4.52. The number of hydrogen-bond donors (Lipinski definition) is 1. The first kappa shape index (κ1) is 14.5. The molecule has 0 aliphatic heterocycles. The first-order valence-electron chi connectivity index (χ1n) is 4.93. The van der Waals surface area contributed by atoms with Crippen molar-refractivity contribution in [3.05, 3.63) is 28.2 Å². The molecule has 0 fully saturated rings. The van der Waals surface area contributed by atoms with Crippen molar-refractivity contribution in [2.45, 2.75) is 24.0 Å². The summed E-state index contributed by atoms with van der Waals surface area (Å²) < 4.78 is 12.2. The van der Waals surface area contributed by atoms with Crippen molar-refractivity contribution in [3.63, 3.8) is 0 Å². The molecule has 94 valence electrons.